The lowest BCUT2D eigenvalue weighted by Gasteiger charge is -2.34. The predicted octanol–water partition coefficient (Wildman–Crippen LogP) is 3.79. The van der Waals surface area contributed by atoms with E-state index in [9.17, 15) is 9.59 Å². The molecule has 1 atom stereocenters. The molecule has 1 aliphatic carbocycles. The molecule has 158 valence electrons. The number of nitrogens with zero attached hydrogens (tertiary/aromatic N) is 3. The molecule has 0 N–H and O–H groups in total. The second kappa shape index (κ2) is 8.58. The first-order valence-electron chi connectivity index (χ1n) is 11.1. The van der Waals surface area contributed by atoms with Crippen molar-refractivity contribution in [2.45, 2.75) is 39.5 Å². The van der Waals surface area contributed by atoms with Gasteiger partial charge in [0, 0.05) is 44.5 Å². The molecular weight excluding hydrogens is 374 g/mol. The second-order valence-corrected chi connectivity index (χ2v) is 8.66. The van der Waals surface area contributed by atoms with Gasteiger partial charge in [0.05, 0.1) is 5.41 Å². The summed E-state index contributed by atoms with van der Waals surface area (Å²) in [6.45, 7) is 6.67. The highest BCUT2D eigenvalue weighted by Gasteiger charge is 2.49. The number of amides is 2. The first-order valence-corrected chi connectivity index (χ1v) is 11.1. The molecule has 5 heteroatoms. The van der Waals surface area contributed by atoms with Crippen molar-refractivity contribution < 1.29 is 9.59 Å². The standard InChI is InChI=1S/C25H31N3O2/c1-3-27(4-2)24(30)25(12-14-28(18-25)23(29)20-10-11-20)16-19-7-5-8-21(15-19)22-9-6-13-26-17-22/h5-9,13,15,17,20H,3-4,10-12,14,16,18H2,1-2H3/t25-/m0/s1. The molecule has 2 aromatic rings. The highest BCUT2D eigenvalue weighted by molar-refractivity contribution is 5.87. The van der Waals surface area contributed by atoms with Gasteiger partial charge < -0.3 is 9.80 Å². The highest BCUT2D eigenvalue weighted by atomic mass is 16.2. The van der Waals surface area contributed by atoms with E-state index in [1.54, 1.807) is 6.20 Å². The fourth-order valence-electron chi connectivity index (χ4n) is 4.67. The Labute approximate surface area is 179 Å². The van der Waals surface area contributed by atoms with Crippen LogP contribution in [-0.2, 0) is 16.0 Å². The van der Waals surface area contributed by atoms with Gasteiger partial charge >= 0.3 is 0 Å². The Morgan fingerprint density at radius 3 is 2.57 bits per heavy atom. The molecule has 1 saturated carbocycles. The van der Waals surface area contributed by atoms with E-state index in [-0.39, 0.29) is 17.7 Å². The number of benzene rings is 1. The Kier molecular flexibility index (Phi) is 5.89. The third-order valence-electron chi connectivity index (χ3n) is 6.56. The lowest BCUT2D eigenvalue weighted by atomic mass is 9.79. The third kappa shape index (κ3) is 4.11. The maximum absolute atomic E-state index is 13.6. The molecule has 30 heavy (non-hydrogen) atoms. The van der Waals surface area contributed by atoms with Gasteiger partial charge in [0.25, 0.3) is 0 Å². The number of hydrogen-bond acceptors (Lipinski definition) is 3. The summed E-state index contributed by atoms with van der Waals surface area (Å²) < 4.78 is 0. The van der Waals surface area contributed by atoms with E-state index in [1.165, 1.54) is 0 Å². The molecule has 1 aliphatic heterocycles. The van der Waals surface area contributed by atoms with Crippen molar-refractivity contribution in [1.29, 1.82) is 0 Å². The van der Waals surface area contributed by atoms with E-state index >= 15 is 0 Å². The zero-order valence-electron chi connectivity index (χ0n) is 18.0. The number of rotatable bonds is 7. The Bertz CT molecular complexity index is 906. The Balaban J connectivity index is 1.62. The zero-order chi connectivity index (χ0) is 21.1. The molecule has 0 radical (unpaired) electrons. The Morgan fingerprint density at radius 2 is 1.90 bits per heavy atom. The van der Waals surface area contributed by atoms with Gasteiger partial charge in [0.2, 0.25) is 11.8 Å². The molecule has 5 nitrogen and oxygen atoms in total. The van der Waals surface area contributed by atoms with Crippen molar-refractivity contribution in [3.63, 3.8) is 0 Å². The van der Waals surface area contributed by atoms with Crippen LogP contribution < -0.4 is 0 Å². The highest BCUT2D eigenvalue weighted by Crippen LogP contribution is 2.40. The number of aromatic nitrogens is 1. The molecule has 1 aromatic carbocycles. The predicted molar refractivity (Wildman–Crippen MR) is 118 cm³/mol. The van der Waals surface area contributed by atoms with Gasteiger partial charge in [-0.2, -0.15) is 0 Å². The van der Waals surface area contributed by atoms with E-state index in [2.05, 4.69) is 35.3 Å². The number of carbonyl (C=O) groups is 2. The van der Waals surface area contributed by atoms with Gasteiger partial charge in [-0.25, -0.2) is 0 Å². The fourth-order valence-corrected chi connectivity index (χ4v) is 4.67. The van der Waals surface area contributed by atoms with Gasteiger partial charge in [-0.3, -0.25) is 14.6 Å². The lowest BCUT2D eigenvalue weighted by molar-refractivity contribution is -0.142. The largest absolute Gasteiger partial charge is 0.343 e. The van der Waals surface area contributed by atoms with E-state index in [0.717, 1.165) is 36.0 Å². The first kappa shape index (κ1) is 20.6. The van der Waals surface area contributed by atoms with E-state index in [1.807, 2.05) is 35.9 Å². The van der Waals surface area contributed by atoms with E-state index in [4.69, 9.17) is 0 Å². The first-order chi connectivity index (χ1) is 14.6. The summed E-state index contributed by atoms with van der Waals surface area (Å²) in [6, 6.07) is 12.4. The molecule has 2 fully saturated rings. The summed E-state index contributed by atoms with van der Waals surface area (Å²) in [5, 5.41) is 0. The third-order valence-corrected chi connectivity index (χ3v) is 6.56. The van der Waals surface area contributed by atoms with Crippen LogP contribution in [0.15, 0.2) is 48.8 Å². The van der Waals surface area contributed by atoms with Crippen LogP contribution in [0.4, 0.5) is 0 Å². The smallest absolute Gasteiger partial charge is 0.230 e. The van der Waals surface area contributed by atoms with Crippen molar-refractivity contribution in [3.8, 4) is 11.1 Å². The maximum atomic E-state index is 13.6. The van der Waals surface area contributed by atoms with Gasteiger partial charge in [-0.05, 0) is 62.3 Å². The monoisotopic (exact) mass is 405 g/mol. The molecular formula is C25H31N3O2. The van der Waals surface area contributed by atoms with Crippen LogP contribution in [0.2, 0.25) is 0 Å². The van der Waals surface area contributed by atoms with Crippen molar-refractivity contribution in [1.82, 2.24) is 14.8 Å². The number of likely N-dealkylation sites (tertiary alicyclic amines) is 1. The average molecular weight is 406 g/mol. The maximum Gasteiger partial charge on any atom is 0.230 e. The Hall–Kier alpha value is -2.69. The number of carbonyl (C=O) groups excluding carboxylic acids is 2. The molecule has 1 saturated heterocycles. The summed E-state index contributed by atoms with van der Waals surface area (Å²) >= 11 is 0. The van der Waals surface area contributed by atoms with Crippen LogP contribution in [0.5, 0.6) is 0 Å². The normalized spacial score (nSPS) is 20.9. The van der Waals surface area contributed by atoms with Crippen LogP contribution in [0.1, 0.15) is 38.7 Å². The van der Waals surface area contributed by atoms with Crippen molar-refractivity contribution in [2.24, 2.45) is 11.3 Å². The van der Waals surface area contributed by atoms with Crippen LogP contribution in [0, 0.1) is 11.3 Å². The van der Waals surface area contributed by atoms with Crippen LogP contribution in [0.3, 0.4) is 0 Å². The quantitative estimate of drug-likeness (QED) is 0.704. The average Bonchev–Trinajstić information content (AvgIpc) is 3.55. The van der Waals surface area contributed by atoms with Gasteiger partial charge in [-0.1, -0.05) is 30.3 Å². The number of hydrogen-bond donors (Lipinski definition) is 0. The van der Waals surface area contributed by atoms with Gasteiger partial charge in [0.15, 0.2) is 0 Å². The van der Waals surface area contributed by atoms with Crippen LogP contribution >= 0.6 is 0 Å². The summed E-state index contributed by atoms with van der Waals surface area (Å²) in [6.07, 6.45) is 7.03. The fraction of sp³-hybridized carbons (Fsp3) is 0.480. The summed E-state index contributed by atoms with van der Waals surface area (Å²) in [5.74, 6) is 0.622. The van der Waals surface area contributed by atoms with E-state index < -0.39 is 5.41 Å². The van der Waals surface area contributed by atoms with Crippen molar-refractivity contribution in [2.75, 3.05) is 26.2 Å². The van der Waals surface area contributed by atoms with Gasteiger partial charge in [0.1, 0.15) is 0 Å². The SMILES string of the molecule is CCN(CC)C(=O)[C@]1(Cc2cccc(-c3cccnc3)c2)CCN(C(=O)C2CC2)C1. The van der Waals surface area contributed by atoms with Crippen LogP contribution in [0.25, 0.3) is 11.1 Å². The summed E-state index contributed by atoms with van der Waals surface area (Å²) in [7, 11) is 0. The molecule has 2 amide bonds. The molecule has 4 rings (SSSR count). The summed E-state index contributed by atoms with van der Waals surface area (Å²) in [4.78, 5) is 34.4. The zero-order valence-corrected chi connectivity index (χ0v) is 18.0. The number of pyridine rings is 1. The minimum Gasteiger partial charge on any atom is -0.343 e. The molecule has 2 heterocycles. The van der Waals surface area contributed by atoms with E-state index in [0.29, 0.717) is 32.6 Å². The molecule has 0 bridgehead atoms. The van der Waals surface area contributed by atoms with Gasteiger partial charge in [-0.15, -0.1) is 0 Å². The molecule has 0 spiro atoms. The minimum absolute atomic E-state index is 0.186. The molecule has 0 unspecified atom stereocenters. The van der Waals surface area contributed by atoms with Crippen molar-refractivity contribution >= 4 is 11.8 Å². The molecule has 2 aliphatic rings. The minimum atomic E-state index is -0.538. The molecule has 1 aromatic heterocycles. The van der Waals surface area contributed by atoms with Crippen molar-refractivity contribution in [3.05, 3.63) is 54.4 Å². The summed E-state index contributed by atoms with van der Waals surface area (Å²) in [5.41, 5.74) is 2.78. The second-order valence-electron chi connectivity index (χ2n) is 8.66. The van der Waals surface area contributed by atoms with Crippen LogP contribution in [-0.4, -0.2) is 52.8 Å². The topological polar surface area (TPSA) is 53.5 Å². The lowest BCUT2D eigenvalue weighted by Crippen LogP contribution is -2.47. The Morgan fingerprint density at radius 1 is 1.13 bits per heavy atom.